The largest absolute Gasteiger partial charge is 0.455 e. The van der Waals surface area contributed by atoms with Gasteiger partial charge >= 0.3 is 5.97 Å². The van der Waals surface area contributed by atoms with Crippen LogP contribution in [0.2, 0.25) is 0 Å². The summed E-state index contributed by atoms with van der Waals surface area (Å²) in [6, 6.07) is 5.40. The van der Waals surface area contributed by atoms with Crippen LogP contribution in [0.1, 0.15) is 57.3 Å². The third-order valence-corrected chi connectivity index (χ3v) is 5.80. The number of carbonyl (C=O) groups is 1. The van der Waals surface area contributed by atoms with Gasteiger partial charge in [0.2, 0.25) is 0 Å². The van der Waals surface area contributed by atoms with Gasteiger partial charge in [-0.3, -0.25) is 10.1 Å². The summed E-state index contributed by atoms with van der Waals surface area (Å²) in [5.74, 6) is -0.503. The second-order valence-corrected chi connectivity index (χ2v) is 8.08. The first kappa shape index (κ1) is 18.6. The van der Waals surface area contributed by atoms with Crippen molar-refractivity contribution in [2.75, 3.05) is 0 Å². The molecule has 0 bridgehead atoms. The van der Waals surface area contributed by atoms with Crippen molar-refractivity contribution in [1.29, 1.82) is 0 Å². The summed E-state index contributed by atoms with van der Waals surface area (Å²) in [7, 11) is 0. The van der Waals surface area contributed by atoms with Crippen molar-refractivity contribution in [2.45, 2.75) is 64.3 Å². The predicted molar refractivity (Wildman–Crippen MR) is 97.0 cm³/mol. The number of benzene rings is 1. The van der Waals surface area contributed by atoms with Crippen molar-refractivity contribution in [1.82, 2.24) is 0 Å². The molecule has 3 atom stereocenters. The number of esters is 1. The maximum atomic E-state index is 12.2. The summed E-state index contributed by atoms with van der Waals surface area (Å²) >= 11 is 0. The zero-order chi connectivity index (χ0) is 19.2. The number of nitro groups is 1. The van der Waals surface area contributed by atoms with Crippen molar-refractivity contribution < 1.29 is 19.2 Å². The topological polar surface area (TPSA) is 82.0 Å². The molecule has 0 spiro atoms. The lowest BCUT2D eigenvalue weighted by molar-refractivity contribution is -0.384. The van der Waals surface area contributed by atoms with Crippen LogP contribution in [-0.2, 0) is 9.47 Å². The Hall–Kier alpha value is -2.21. The molecule has 1 aliphatic heterocycles. The monoisotopic (exact) mass is 359 g/mol. The summed E-state index contributed by atoms with van der Waals surface area (Å²) in [5.41, 5.74) is -0.157. The standard InChI is InChI=1S/C20H25NO5/c1-14(25-17(22)15-6-8-16(9-7-15)21(23)24)10-13-20-18(2,3)11-5-12-19(20,4)26-20/h6-10,13-14H,5,11-12H2,1-4H3/t14-,19-,20+/m1/s1. The Kier molecular flexibility index (Phi) is 4.43. The van der Waals surface area contributed by atoms with Crippen LogP contribution in [0.15, 0.2) is 36.4 Å². The normalized spacial score (nSPS) is 30.5. The van der Waals surface area contributed by atoms with Gasteiger partial charge in [-0.15, -0.1) is 0 Å². The van der Waals surface area contributed by atoms with E-state index >= 15 is 0 Å². The van der Waals surface area contributed by atoms with E-state index in [1.807, 2.05) is 6.08 Å². The molecule has 1 heterocycles. The van der Waals surface area contributed by atoms with Crippen LogP contribution in [0, 0.1) is 15.5 Å². The number of nitro benzene ring substituents is 1. The molecule has 2 fully saturated rings. The van der Waals surface area contributed by atoms with Gasteiger partial charge in [-0.05, 0) is 57.4 Å². The second kappa shape index (κ2) is 6.20. The number of ether oxygens (including phenoxy) is 2. The molecule has 0 aromatic heterocycles. The van der Waals surface area contributed by atoms with E-state index in [1.165, 1.54) is 24.3 Å². The molecule has 3 rings (SSSR count). The molecular weight excluding hydrogens is 334 g/mol. The van der Waals surface area contributed by atoms with Gasteiger partial charge in [0.25, 0.3) is 5.69 Å². The van der Waals surface area contributed by atoms with Gasteiger partial charge in [-0.25, -0.2) is 4.79 Å². The van der Waals surface area contributed by atoms with Gasteiger partial charge in [0.1, 0.15) is 11.7 Å². The van der Waals surface area contributed by atoms with E-state index < -0.39 is 17.0 Å². The van der Waals surface area contributed by atoms with E-state index in [0.717, 1.165) is 19.3 Å². The lowest BCUT2D eigenvalue weighted by Crippen LogP contribution is -2.41. The summed E-state index contributed by atoms with van der Waals surface area (Å²) < 4.78 is 11.6. The molecule has 0 N–H and O–H groups in total. The van der Waals surface area contributed by atoms with E-state index in [1.54, 1.807) is 6.92 Å². The summed E-state index contributed by atoms with van der Waals surface area (Å²) in [5, 5.41) is 10.7. The van der Waals surface area contributed by atoms with Crippen molar-refractivity contribution in [3.63, 3.8) is 0 Å². The first-order valence-electron chi connectivity index (χ1n) is 8.95. The molecular formula is C20H25NO5. The van der Waals surface area contributed by atoms with E-state index in [9.17, 15) is 14.9 Å². The predicted octanol–water partition coefficient (Wildman–Crippen LogP) is 4.43. The maximum absolute atomic E-state index is 12.2. The van der Waals surface area contributed by atoms with Crippen molar-refractivity contribution in [2.24, 2.45) is 5.41 Å². The molecule has 140 valence electrons. The van der Waals surface area contributed by atoms with E-state index in [0.29, 0.717) is 5.56 Å². The number of epoxide rings is 1. The molecule has 0 unspecified atom stereocenters. The van der Waals surface area contributed by atoms with Crippen LogP contribution in [-0.4, -0.2) is 28.2 Å². The zero-order valence-corrected chi connectivity index (χ0v) is 15.7. The molecule has 1 aliphatic carbocycles. The third-order valence-electron chi connectivity index (χ3n) is 5.80. The number of hydrogen-bond acceptors (Lipinski definition) is 5. The minimum Gasteiger partial charge on any atom is -0.455 e. The second-order valence-electron chi connectivity index (χ2n) is 8.08. The lowest BCUT2D eigenvalue weighted by Gasteiger charge is -2.36. The molecule has 1 aromatic carbocycles. The highest BCUT2D eigenvalue weighted by atomic mass is 16.6. The Morgan fingerprint density at radius 1 is 1.27 bits per heavy atom. The molecule has 6 nitrogen and oxygen atoms in total. The number of rotatable bonds is 5. The Labute approximate surface area is 153 Å². The Balaban J connectivity index is 1.65. The van der Waals surface area contributed by atoms with Crippen LogP contribution in [0.3, 0.4) is 0 Å². The highest BCUT2D eigenvalue weighted by Gasteiger charge is 2.73. The smallest absolute Gasteiger partial charge is 0.338 e. The van der Waals surface area contributed by atoms with Gasteiger partial charge < -0.3 is 9.47 Å². The van der Waals surface area contributed by atoms with Crippen molar-refractivity contribution in [3.8, 4) is 0 Å². The Morgan fingerprint density at radius 3 is 2.50 bits per heavy atom. The fourth-order valence-electron chi connectivity index (χ4n) is 4.18. The summed E-state index contributed by atoms with van der Waals surface area (Å²) in [6.45, 7) is 8.38. The van der Waals surface area contributed by atoms with Gasteiger partial charge in [0.05, 0.1) is 16.1 Å². The minimum absolute atomic E-state index is 0.0403. The van der Waals surface area contributed by atoms with E-state index in [-0.39, 0.29) is 22.3 Å². The van der Waals surface area contributed by atoms with E-state index in [4.69, 9.17) is 9.47 Å². The molecule has 0 radical (unpaired) electrons. The highest BCUT2D eigenvalue weighted by molar-refractivity contribution is 5.89. The van der Waals surface area contributed by atoms with Crippen LogP contribution >= 0.6 is 0 Å². The number of carbonyl (C=O) groups excluding carboxylic acids is 1. The molecule has 6 heteroatoms. The van der Waals surface area contributed by atoms with Gasteiger partial charge in [0, 0.05) is 17.5 Å². The molecule has 1 saturated heterocycles. The number of nitrogens with zero attached hydrogens (tertiary/aromatic N) is 1. The fourth-order valence-corrected chi connectivity index (χ4v) is 4.18. The van der Waals surface area contributed by atoms with Crippen LogP contribution in [0.25, 0.3) is 0 Å². The van der Waals surface area contributed by atoms with Gasteiger partial charge in [-0.2, -0.15) is 0 Å². The Morgan fingerprint density at radius 2 is 1.92 bits per heavy atom. The number of non-ortho nitro benzene ring substituents is 1. The summed E-state index contributed by atoms with van der Waals surface area (Å²) in [4.78, 5) is 22.4. The molecule has 1 aromatic rings. The SMILES string of the molecule is C[C@H](C=C[C@@]12O[C@]1(C)CCCC2(C)C)OC(=O)c1ccc([N+](=O)[O-])cc1. The Bertz CT molecular complexity index is 754. The third kappa shape index (κ3) is 3.03. The first-order valence-corrected chi connectivity index (χ1v) is 8.95. The van der Waals surface area contributed by atoms with Crippen LogP contribution in [0.5, 0.6) is 0 Å². The van der Waals surface area contributed by atoms with Gasteiger partial charge in [0.15, 0.2) is 0 Å². The van der Waals surface area contributed by atoms with Crippen LogP contribution in [0.4, 0.5) is 5.69 Å². The quantitative estimate of drug-likeness (QED) is 0.255. The van der Waals surface area contributed by atoms with Crippen LogP contribution < -0.4 is 0 Å². The fraction of sp³-hybridized carbons (Fsp3) is 0.550. The van der Waals surface area contributed by atoms with Gasteiger partial charge in [-0.1, -0.05) is 13.8 Å². The molecule has 1 saturated carbocycles. The summed E-state index contributed by atoms with van der Waals surface area (Å²) in [6.07, 6.45) is 6.81. The average molecular weight is 359 g/mol. The number of fused-ring (bicyclic) bond motifs is 1. The molecule has 26 heavy (non-hydrogen) atoms. The van der Waals surface area contributed by atoms with Crippen molar-refractivity contribution >= 4 is 11.7 Å². The van der Waals surface area contributed by atoms with Crippen molar-refractivity contribution in [3.05, 3.63) is 52.1 Å². The molecule has 0 amide bonds. The highest BCUT2D eigenvalue weighted by Crippen LogP contribution is 2.66. The van der Waals surface area contributed by atoms with E-state index in [2.05, 4.69) is 26.8 Å². The lowest BCUT2D eigenvalue weighted by atomic mass is 9.64. The molecule has 2 aliphatic rings. The first-order chi connectivity index (χ1) is 12.1. The minimum atomic E-state index is -0.503. The maximum Gasteiger partial charge on any atom is 0.338 e. The number of hydrogen-bond donors (Lipinski definition) is 0. The average Bonchev–Trinajstić information content (AvgIpc) is 3.20. The zero-order valence-electron chi connectivity index (χ0n) is 15.7.